The Balaban J connectivity index is 0.00000274. The maximum atomic E-state index is 13.6. The average Bonchev–Trinajstić information content (AvgIpc) is 3.25. The van der Waals surface area contributed by atoms with Crippen LogP contribution in [-0.2, 0) is 0 Å². The lowest BCUT2D eigenvalue weighted by Gasteiger charge is -2.22. The van der Waals surface area contributed by atoms with Gasteiger partial charge in [0.05, 0.1) is 10.2 Å². The van der Waals surface area contributed by atoms with Crippen LogP contribution >= 0.6 is 23.7 Å². The minimum absolute atomic E-state index is 0. The third-order valence-electron chi connectivity index (χ3n) is 5.53. The van der Waals surface area contributed by atoms with Crippen LogP contribution in [0.4, 0.5) is 5.13 Å². The summed E-state index contributed by atoms with van der Waals surface area (Å²) in [6, 6.07) is 21.8. The molecule has 0 aliphatic carbocycles. The van der Waals surface area contributed by atoms with E-state index in [-0.39, 0.29) is 18.3 Å². The zero-order chi connectivity index (χ0) is 22.8. The zero-order valence-corrected chi connectivity index (χ0v) is 20.7. The Morgan fingerprint density at radius 2 is 1.56 bits per heavy atom. The Hall–Kier alpha value is -3.13. The van der Waals surface area contributed by atoms with Gasteiger partial charge in [0.1, 0.15) is 13.2 Å². The fourth-order valence-corrected chi connectivity index (χ4v) is 4.74. The summed E-state index contributed by atoms with van der Waals surface area (Å²) < 4.78 is 12.4. The van der Waals surface area contributed by atoms with Crippen molar-refractivity contribution in [2.45, 2.75) is 0 Å². The first-order valence-electron chi connectivity index (χ1n) is 10.9. The molecule has 0 atom stereocenters. The summed E-state index contributed by atoms with van der Waals surface area (Å²) in [6.45, 7) is 2.34. The molecule has 8 heteroatoms. The van der Waals surface area contributed by atoms with E-state index >= 15 is 0 Å². The predicted molar refractivity (Wildman–Crippen MR) is 140 cm³/mol. The Kier molecular flexibility index (Phi) is 7.36. The van der Waals surface area contributed by atoms with E-state index in [1.807, 2.05) is 68.7 Å². The first-order valence-corrected chi connectivity index (χ1v) is 11.7. The SMILES string of the molecule is CN(C)CCN(C(=O)c1ccc(-c2ccccc2)cc1)c1nc2cc3c(cc2s1)OCCO3.Cl. The summed E-state index contributed by atoms with van der Waals surface area (Å²) in [6.07, 6.45) is 0. The Morgan fingerprint density at radius 3 is 2.24 bits per heavy atom. The van der Waals surface area contributed by atoms with E-state index in [2.05, 4.69) is 17.0 Å². The molecule has 4 aromatic rings. The number of fused-ring (bicyclic) bond motifs is 2. The molecule has 1 amide bonds. The number of thiazole rings is 1. The van der Waals surface area contributed by atoms with Gasteiger partial charge in [-0.3, -0.25) is 9.69 Å². The minimum atomic E-state index is -0.0622. The summed E-state index contributed by atoms with van der Waals surface area (Å²) in [5.74, 6) is 1.37. The van der Waals surface area contributed by atoms with E-state index in [9.17, 15) is 4.79 Å². The number of hydrogen-bond acceptors (Lipinski definition) is 6. The zero-order valence-electron chi connectivity index (χ0n) is 19.1. The molecule has 0 unspecified atom stereocenters. The second kappa shape index (κ2) is 10.4. The van der Waals surface area contributed by atoms with Gasteiger partial charge in [-0.2, -0.15) is 0 Å². The van der Waals surface area contributed by atoms with E-state index in [1.54, 1.807) is 4.90 Å². The van der Waals surface area contributed by atoms with E-state index in [0.717, 1.165) is 33.6 Å². The van der Waals surface area contributed by atoms with Crippen LogP contribution in [0.15, 0.2) is 66.7 Å². The van der Waals surface area contributed by atoms with Gasteiger partial charge >= 0.3 is 0 Å². The Labute approximate surface area is 209 Å². The number of benzene rings is 3. The summed E-state index contributed by atoms with van der Waals surface area (Å²) in [5, 5.41) is 0.673. The van der Waals surface area contributed by atoms with Crippen molar-refractivity contribution in [2.75, 3.05) is 45.3 Å². The van der Waals surface area contributed by atoms with Gasteiger partial charge in [-0.15, -0.1) is 12.4 Å². The monoisotopic (exact) mass is 495 g/mol. The van der Waals surface area contributed by atoms with Gasteiger partial charge in [0.15, 0.2) is 16.6 Å². The van der Waals surface area contributed by atoms with E-state index in [4.69, 9.17) is 14.5 Å². The van der Waals surface area contributed by atoms with Crippen molar-refractivity contribution in [1.29, 1.82) is 0 Å². The number of anilines is 1. The van der Waals surface area contributed by atoms with Gasteiger partial charge in [-0.05, 0) is 37.4 Å². The quantitative estimate of drug-likeness (QED) is 0.360. The lowest BCUT2D eigenvalue weighted by Crippen LogP contribution is -2.36. The smallest absolute Gasteiger partial charge is 0.260 e. The Morgan fingerprint density at radius 1 is 0.912 bits per heavy atom. The van der Waals surface area contributed by atoms with Crippen molar-refractivity contribution < 1.29 is 14.3 Å². The van der Waals surface area contributed by atoms with E-state index < -0.39 is 0 Å². The highest BCUT2D eigenvalue weighted by Crippen LogP contribution is 2.39. The van der Waals surface area contributed by atoms with Crippen LogP contribution in [-0.4, -0.2) is 56.2 Å². The highest BCUT2D eigenvalue weighted by Gasteiger charge is 2.23. The second-order valence-electron chi connectivity index (χ2n) is 8.16. The third kappa shape index (κ3) is 5.01. The van der Waals surface area contributed by atoms with Gasteiger partial charge in [-0.1, -0.05) is 53.8 Å². The molecule has 176 valence electrons. The van der Waals surface area contributed by atoms with Gasteiger partial charge in [0, 0.05) is 30.8 Å². The predicted octanol–water partition coefficient (Wildman–Crippen LogP) is 5.36. The number of aromatic nitrogens is 1. The van der Waals surface area contributed by atoms with Crippen LogP contribution in [0.3, 0.4) is 0 Å². The van der Waals surface area contributed by atoms with Crippen molar-refractivity contribution >= 4 is 45.0 Å². The lowest BCUT2D eigenvalue weighted by molar-refractivity contribution is 0.0985. The average molecular weight is 496 g/mol. The molecule has 5 rings (SSSR count). The number of likely N-dealkylation sites (N-methyl/N-ethyl adjacent to an activating group) is 1. The molecule has 0 fully saturated rings. The molecule has 0 bridgehead atoms. The fraction of sp³-hybridized carbons (Fsp3) is 0.231. The molecule has 6 nitrogen and oxygen atoms in total. The number of halogens is 1. The van der Waals surface area contributed by atoms with Crippen LogP contribution in [0.25, 0.3) is 21.3 Å². The minimum Gasteiger partial charge on any atom is -0.486 e. The van der Waals surface area contributed by atoms with Crippen LogP contribution in [0.2, 0.25) is 0 Å². The molecule has 0 spiro atoms. The maximum absolute atomic E-state index is 13.6. The van der Waals surface area contributed by atoms with Crippen molar-refractivity contribution in [2.24, 2.45) is 0 Å². The molecule has 0 radical (unpaired) electrons. The highest BCUT2D eigenvalue weighted by molar-refractivity contribution is 7.22. The first-order chi connectivity index (χ1) is 16.1. The third-order valence-corrected chi connectivity index (χ3v) is 6.57. The molecule has 34 heavy (non-hydrogen) atoms. The molecule has 0 saturated carbocycles. The second-order valence-corrected chi connectivity index (χ2v) is 9.17. The summed E-state index contributed by atoms with van der Waals surface area (Å²) in [7, 11) is 4.00. The number of hydrogen-bond donors (Lipinski definition) is 0. The van der Waals surface area contributed by atoms with E-state index in [0.29, 0.717) is 36.2 Å². The topological polar surface area (TPSA) is 54.9 Å². The van der Waals surface area contributed by atoms with Crippen LogP contribution in [0.5, 0.6) is 11.5 Å². The molecular weight excluding hydrogens is 470 g/mol. The normalized spacial score (nSPS) is 12.4. The van der Waals surface area contributed by atoms with Gasteiger partial charge in [0.25, 0.3) is 5.91 Å². The number of nitrogens with zero attached hydrogens (tertiary/aromatic N) is 3. The lowest BCUT2D eigenvalue weighted by atomic mass is 10.0. The van der Waals surface area contributed by atoms with E-state index in [1.165, 1.54) is 11.3 Å². The maximum Gasteiger partial charge on any atom is 0.260 e. The molecule has 1 aliphatic heterocycles. The number of ether oxygens (including phenoxy) is 2. The van der Waals surface area contributed by atoms with Crippen LogP contribution in [0.1, 0.15) is 10.4 Å². The van der Waals surface area contributed by atoms with Gasteiger partial charge in [-0.25, -0.2) is 4.98 Å². The fourth-order valence-electron chi connectivity index (χ4n) is 3.74. The molecule has 2 heterocycles. The van der Waals surface area contributed by atoms with Crippen molar-refractivity contribution in [3.05, 3.63) is 72.3 Å². The number of carbonyl (C=O) groups is 1. The van der Waals surface area contributed by atoms with Crippen LogP contribution < -0.4 is 14.4 Å². The molecule has 1 aliphatic rings. The largest absolute Gasteiger partial charge is 0.486 e. The highest BCUT2D eigenvalue weighted by atomic mass is 35.5. The number of rotatable bonds is 6. The van der Waals surface area contributed by atoms with Crippen molar-refractivity contribution in [1.82, 2.24) is 9.88 Å². The Bertz CT molecular complexity index is 1230. The summed E-state index contributed by atoms with van der Waals surface area (Å²) in [5.41, 5.74) is 3.65. The molecular formula is C26H26ClN3O3S. The summed E-state index contributed by atoms with van der Waals surface area (Å²) >= 11 is 1.49. The van der Waals surface area contributed by atoms with Gasteiger partial charge < -0.3 is 14.4 Å². The molecule has 1 aromatic heterocycles. The first kappa shape index (κ1) is 24.0. The van der Waals surface area contributed by atoms with Crippen LogP contribution in [0, 0.1) is 0 Å². The number of amides is 1. The molecule has 0 N–H and O–H groups in total. The molecule has 0 saturated heterocycles. The molecule has 3 aromatic carbocycles. The number of carbonyl (C=O) groups excluding carboxylic acids is 1. The standard InChI is InChI=1S/C26H25N3O3S.ClH/c1-28(2)12-13-29(25(30)20-10-8-19(9-11-20)18-6-4-3-5-7-18)26-27-21-16-22-23(17-24(21)33-26)32-15-14-31-22;/h3-11,16-17H,12-15H2,1-2H3;1H. The van der Waals surface area contributed by atoms with Gasteiger partial charge in [0.2, 0.25) is 0 Å². The van der Waals surface area contributed by atoms with Crippen molar-refractivity contribution in [3.8, 4) is 22.6 Å². The van der Waals surface area contributed by atoms with Crippen molar-refractivity contribution in [3.63, 3.8) is 0 Å². The summed E-state index contributed by atoms with van der Waals surface area (Å²) in [4.78, 5) is 22.2.